The highest BCUT2D eigenvalue weighted by Crippen LogP contribution is 2.19. The molecule has 6 heteroatoms. The molecule has 0 atom stereocenters. The van der Waals surface area contributed by atoms with Crippen LogP contribution in [0.1, 0.15) is 18.9 Å². The Hall–Kier alpha value is -1.56. The largest absolute Gasteiger partial charge is 0.466 e. The predicted molar refractivity (Wildman–Crippen MR) is 68.9 cm³/mol. The lowest BCUT2D eigenvalue weighted by Crippen LogP contribution is -2.07. The van der Waals surface area contributed by atoms with Crippen LogP contribution in [0, 0.1) is 0 Å². The van der Waals surface area contributed by atoms with E-state index in [4.69, 9.17) is 10.5 Å². The quantitative estimate of drug-likeness (QED) is 0.641. The number of carbonyl (C=O) groups excluding carboxylic acids is 1. The summed E-state index contributed by atoms with van der Waals surface area (Å²) in [6.07, 6.45) is 1.80. The highest BCUT2D eigenvalue weighted by Gasteiger charge is 2.10. The first-order valence-electron chi connectivity index (χ1n) is 5.58. The third kappa shape index (κ3) is 4.03. The minimum atomic E-state index is -3.25. The van der Waals surface area contributed by atoms with Gasteiger partial charge in [0.1, 0.15) is 0 Å². The van der Waals surface area contributed by atoms with Gasteiger partial charge in [-0.15, -0.1) is 0 Å². The fourth-order valence-electron chi connectivity index (χ4n) is 1.50. The van der Waals surface area contributed by atoms with E-state index in [0.717, 1.165) is 11.8 Å². The number of hydrogen-bond acceptors (Lipinski definition) is 5. The molecule has 1 rings (SSSR count). The van der Waals surface area contributed by atoms with Crippen LogP contribution in [0.4, 0.5) is 5.69 Å². The number of rotatable bonds is 5. The van der Waals surface area contributed by atoms with Crippen molar-refractivity contribution in [1.82, 2.24) is 0 Å². The van der Waals surface area contributed by atoms with Crippen molar-refractivity contribution in [3.8, 4) is 0 Å². The Labute approximate surface area is 107 Å². The minimum absolute atomic E-state index is 0.180. The van der Waals surface area contributed by atoms with Crippen LogP contribution < -0.4 is 5.73 Å². The monoisotopic (exact) mass is 271 g/mol. The molecule has 0 unspecified atom stereocenters. The van der Waals surface area contributed by atoms with Crippen molar-refractivity contribution in [1.29, 1.82) is 0 Å². The fraction of sp³-hybridized carbons (Fsp3) is 0.417. The van der Waals surface area contributed by atoms with Crippen molar-refractivity contribution in [2.45, 2.75) is 24.7 Å². The molecule has 0 heterocycles. The van der Waals surface area contributed by atoms with E-state index in [-0.39, 0.29) is 17.3 Å². The van der Waals surface area contributed by atoms with Gasteiger partial charge in [0.2, 0.25) is 0 Å². The molecule has 1 aromatic carbocycles. The molecular formula is C12H17NO4S. The molecule has 0 fully saturated rings. The van der Waals surface area contributed by atoms with E-state index in [1.807, 2.05) is 0 Å². The van der Waals surface area contributed by atoms with Crippen LogP contribution in [0.5, 0.6) is 0 Å². The number of ether oxygens (including phenoxy) is 1. The molecule has 0 amide bonds. The van der Waals surface area contributed by atoms with Crippen LogP contribution >= 0.6 is 0 Å². The van der Waals surface area contributed by atoms with Gasteiger partial charge in [-0.05, 0) is 31.0 Å². The Morgan fingerprint density at radius 1 is 1.39 bits per heavy atom. The zero-order valence-corrected chi connectivity index (χ0v) is 11.3. The predicted octanol–water partition coefficient (Wildman–Crippen LogP) is 1.17. The van der Waals surface area contributed by atoms with Crippen LogP contribution in [-0.2, 0) is 25.8 Å². The topological polar surface area (TPSA) is 86.5 Å². The first kappa shape index (κ1) is 14.5. The maximum atomic E-state index is 11.3. The van der Waals surface area contributed by atoms with Crippen LogP contribution in [0.15, 0.2) is 23.1 Å². The molecule has 0 radical (unpaired) electrons. The van der Waals surface area contributed by atoms with Gasteiger partial charge in [-0.2, -0.15) is 0 Å². The molecular weight excluding hydrogens is 254 g/mol. The van der Waals surface area contributed by atoms with E-state index in [1.54, 1.807) is 13.0 Å². The third-order valence-corrected chi connectivity index (χ3v) is 3.56. The normalized spacial score (nSPS) is 11.2. The van der Waals surface area contributed by atoms with Gasteiger partial charge in [0.15, 0.2) is 9.84 Å². The number of sulfone groups is 1. The second-order valence-electron chi connectivity index (χ2n) is 3.94. The van der Waals surface area contributed by atoms with Crippen LogP contribution in [-0.4, -0.2) is 27.2 Å². The Kier molecular flexibility index (Phi) is 4.72. The Balaban J connectivity index is 2.78. The van der Waals surface area contributed by atoms with Gasteiger partial charge in [-0.3, -0.25) is 4.79 Å². The van der Waals surface area contributed by atoms with E-state index in [1.165, 1.54) is 12.1 Å². The van der Waals surface area contributed by atoms with Crippen molar-refractivity contribution in [2.24, 2.45) is 0 Å². The molecule has 1 aromatic rings. The molecule has 0 aromatic heterocycles. The van der Waals surface area contributed by atoms with E-state index >= 15 is 0 Å². The van der Waals surface area contributed by atoms with Crippen molar-refractivity contribution >= 4 is 21.5 Å². The third-order valence-electron chi connectivity index (χ3n) is 2.45. The Morgan fingerprint density at radius 3 is 2.56 bits per heavy atom. The lowest BCUT2D eigenvalue weighted by atomic mass is 10.1. The van der Waals surface area contributed by atoms with Gasteiger partial charge >= 0.3 is 5.97 Å². The van der Waals surface area contributed by atoms with Crippen molar-refractivity contribution in [2.75, 3.05) is 18.6 Å². The molecule has 0 aliphatic heterocycles. The van der Waals surface area contributed by atoms with E-state index < -0.39 is 9.84 Å². The summed E-state index contributed by atoms with van der Waals surface area (Å²) >= 11 is 0. The van der Waals surface area contributed by atoms with Gasteiger partial charge < -0.3 is 10.5 Å². The summed E-state index contributed by atoms with van der Waals surface area (Å²) in [6, 6.07) is 4.53. The molecule has 18 heavy (non-hydrogen) atoms. The summed E-state index contributed by atoms with van der Waals surface area (Å²) in [4.78, 5) is 11.4. The first-order valence-corrected chi connectivity index (χ1v) is 7.47. The van der Waals surface area contributed by atoms with Gasteiger partial charge in [0, 0.05) is 18.4 Å². The van der Waals surface area contributed by atoms with E-state index in [9.17, 15) is 13.2 Å². The number of anilines is 1. The zero-order valence-electron chi connectivity index (χ0n) is 10.5. The van der Waals surface area contributed by atoms with E-state index in [2.05, 4.69) is 0 Å². The van der Waals surface area contributed by atoms with Crippen LogP contribution in [0.3, 0.4) is 0 Å². The fourth-order valence-corrected chi connectivity index (χ4v) is 2.16. The summed E-state index contributed by atoms with van der Waals surface area (Å²) in [5.41, 5.74) is 6.88. The van der Waals surface area contributed by atoms with Crippen LogP contribution in [0.25, 0.3) is 0 Å². The molecule has 100 valence electrons. The molecule has 0 bridgehead atoms. The number of nitrogens with two attached hydrogens (primary N) is 1. The molecule has 0 saturated heterocycles. The Morgan fingerprint density at radius 2 is 2.06 bits per heavy atom. The molecule has 0 saturated carbocycles. The minimum Gasteiger partial charge on any atom is -0.466 e. The highest BCUT2D eigenvalue weighted by atomic mass is 32.2. The molecule has 0 aliphatic rings. The summed E-state index contributed by atoms with van der Waals surface area (Å²) in [6.45, 7) is 2.09. The molecule has 0 spiro atoms. The number of nitrogen functional groups attached to an aromatic ring is 1. The smallest absolute Gasteiger partial charge is 0.306 e. The average molecular weight is 271 g/mol. The van der Waals surface area contributed by atoms with Gasteiger partial charge in [-0.25, -0.2) is 8.42 Å². The standard InChI is InChI=1S/C12H17NO4S/c1-3-17-12(14)7-5-9-4-6-10(8-11(9)13)18(2,15)16/h4,6,8H,3,5,7,13H2,1-2H3. The SMILES string of the molecule is CCOC(=O)CCc1ccc(S(C)(=O)=O)cc1N. The van der Waals surface area contributed by atoms with Crippen molar-refractivity contribution < 1.29 is 17.9 Å². The number of benzene rings is 1. The zero-order chi connectivity index (χ0) is 13.8. The van der Waals surface area contributed by atoms with Crippen molar-refractivity contribution in [3.63, 3.8) is 0 Å². The molecule has 0 aliphatic carbocycles. The second-order valence-corrected chi connectivity index (χ2v) is 5.95. The number of carbonyl (C=O) groups is 1. The average Bonchev–Trinajstić information content (AvgIpc) is 2.26. The van der Waals surface area contributed by atoms with Crippen LogP contribution in [0.2, 0.25) is 0 Å². The number of aryl methyl sites for hydroxylation is 1. The molecule has 2 N–H and O–H groups in total. The molecule has 5 nitrogen and oxygen atoms in total. The van der Waals surface area contributed by atoms with Gasteiger partial charge in [-0.1, -0.05) is 6.07 Å². The Bertz CT molecular complexity index is 537. The summed E-state index contributed by atoms with van der Waals surface area (Å²) in [7, 11) is -3.25. The lowest BCUT2D eigenvalue weighted by molar-refractivity contribution is -0.143. The number of hydrogen-bond donors (Lipinski definition) is 1. The second kappa shape index (κ2) is 5.86. The van der Waals surface area contributed by atoms with E-state index in [0.29, 0.717) is 18.7 Å². The summed E-state index contributed by atoms with van der Waals surface area (Å²) < 4.78 is 27.4. The maximum absolute atomic E-state index is 11.3. The number of esters is 1. The lowest BCUT2D eigenvalue weighted by Gasteiger charge is -2.07. The summed E-state index contributed by atoms with van der Waals surface area (Å²) in [5.74, 6) is -0.288. The van der Waals surface area contributed by atoms with Gasteiger partial charge in [0.05, 0.1) is 11.5 Å². The maximum Gasteiger partial charge on any atom is 0.306 e. The summed E-state index contributed by atoms with van der Waals surface area (Å²) in [5, 5.41) is 0. The van der Waals surface area contributed by atoms with Gasteiger partial charge in [0.25, 0.3) is 0 Å². The highest BCUT2D eigenvalue weighted by molar-refractivity contribution is 7.90. The first-order chi connectivity index (χ1) is 8.34. The van der Waals surface area contributed by atoms with Crippen molar-refractivity contribution in [3.05, 3.63) is 23.8 Å².